The molecular weight excluding hydrogens is 389 g/mol. The maximum atomic E-state index is 12.3. The van der Waals surface area contributed by atoms with Crippen molar-refractivity contribution in [3.8, 4) is 34.2 Å². The van der Waals surface area contributed by atoms with E-state index in [4.69, 9.17) is 5.73 Å². The van der Waals surface area contributed by atoms with E-state index in [0.717, 1.165) is 12.1 Å². The van der Waals surface area contributed by atoms with Gasteiger partial charge in [0, 0.05) is 11.6 Å². The Hall–Kier alpha value is -4.13. The largest absolute Gasteiger partial charge is 0.573 e. The first-order valence-electron chi connectivity index (χ1n) is 8.00. The lowest BCUT2D eigenvalue weighted by atomic mass is 9.98. The van der Waals surface area contributed by atoms with E-state index in [1.54, 1.807) is 6.07 Å². The number of nitrogen functional groups attached to an aromatic ring is 1. The highest BCUT2D eigenvalue weighted by atomic mass is 19.4. The molecule has 3 rings (SSSR count). The van der Waals surface area contributed by atoms with Gasteiger partial charge >= 0.3 is 6.36 Å². The number of nitrogens with zero attached hydrogens (tertiary/aromatic N) is 3. The Morgan fingerprint density at radius 3 is 2.34 bits per heavy atom. The molecule has 0 amide bonds. The molecule has 0 fully saturated rings. The second kappa shape index (κ2) is 7.47. The van der Waals surface area contributed by atoms with Crippen LogP contribution in [0.3, 0.4) is 0 Å². The molecule has 0 aliphatic rings. The summed E-state index contributed by atoms with van der Waals surface area (Å²) in [6.45, 7) is 0. The molecule has 0 spiro atoms. The maximum absolute atomic E-state index is 12.3. The van der Waals surface area contributed by atoms with Crippen LogP contribution in [0.5, 0.6) is 5.75 Å². The topological polar surface area (TPSA) is 115 Å². The molecule has 3 aromatic rings. The fourth-order valence-corrected chi connectivity index (χ4v) is 2.73. The van der Waals surface area contributed by atoms with Gasteiger partial charge in [-0.05, 0) is 29.8 Å². The Morgan fingerprint density at radius 2 is 1.76 bits per heavy atom. The van der Waals surface area contributed by atoms with Gasteiger partial charge < -0.3 is 10.5 Å². The van der Waals surface area contributed by atoms with Crippen molar-refractivity contribution in [2.45, 2.75) is 6.36 Å². The van der Waals surface area contributed by atoms with Crippen LogP contribution in [0, 0.1) is 21.4 Å². The molecule has 0 saturated carbocycles. The van der Waals surface area contributed by atoms with Crippen LogP contribution in [0.1, 0.15) is 5.56 Å². The fourth-order valence-electron chi connectivity index (χ4n) is 2.73. The first kappa shape index (κ1) is 19.6. The molecule has 1 heterocycles. The summed E-state index contributed by atoms with van der Waals surface area (Å²) in [4.78, 5) is 14.8. The number of benzene rings is 2. The lowest BCUT2D eigenvalue weighted by Gasteiger charge is -2.12. The number of hydrogen-bond donors (Lipinski definition) is 1. The van der Waals surface area contributed by atoms with Crippen LogP contribution < -0.4 is 10.5 Å². The van der Waals surface area contributed by atoms with Crippen LogP contribution in [-0.2, 0) is 0 Å². The summed E-state index contributed by atoms with van der Waals surface area (Å²) in [7, 11) is 0. The van der Waals surface area contributed by atoms with Gasteiger partial charge in [0.1, 0.15) is 23.2 Å². The molecule has 0 saturated heterocycles. The first-order valence-corrected chi connectivity index (χ1v) is 8.00. The van der Waals surface area contributed by atoms with Gasteiger partial charge in [0.25, 0.3) is 5.69 Å². The molecule has 0 unspecified atom stereocenters. The number of pyridine rings is 1. The number of nitro benzene ring substituents is 1. The summed E-state index contributed by atoms with van der Waals surface area (Å²) in [6.07, 6.45) is -4.83. The number of nitrogens with two attached hydrogens (primary N) is 1. The van der Waals surface area contributed by atoms with Crippen LogP contribution in [0.25, 0.3) is 22.4 Å². The van der Waals surface area contributed by atoms with E-state index in [0.29, 0.717) is 5.56 Å². The van der Waals surface area contributed by atoms with E-state index in [1.165, 1.54) is 36.4 Å². The molecule has 7 nitrogen and oxygen atoms in total. The van der Waals surface area contributed by atoms with Gasteiger partial charge in [0.2, 0.25) is 0 Å². The number of hydrogen-bond acceptors (Lipinski definition) is 6. The fraction of sp³-hybridized carbons (Fsp3) is 0.0526. The normalized spacial score (nSPS) is 11.0. The molecule has 146 valence electrons. The molecule has 1 aromatic heterocycles. The third kappa shape index (κ3) is 4.24. The van der Waals surface area contributed by atoms with Gasteiger partial charge in [-0.15, -0.1) is 13.2 Å². The number of nitriles is 1. The number of halogens is 3. The van der Waals surface area contributed by atoms with Gasteiger partial charge in [-0.2, -0.15) is 5.26 Å². The van der Waals surface area contributed by atoms with Gasteiger partial charge in [-0.1, -0.05) is 24.3 Å². The highest BCUT2D eigenvalue weighted by molar-refractivity contribution is 5.82. The van der Waals surface area contributed by atoms with Crippen LogP contribution in [0.2, 0.25) is 0 Å². The zero-order valence-electron chi connectivity index (χ0n) is 14.5. The molecular formula is C19H11F3N4O3. The van der Waals surface area contributed by atoms with Crippen molar-refractivity contribution in [1.82, 2.24) is 4.98 Å². The first-order chi connectivity index (χ1) is 13.7. The highest BCUT2D eigenvalue weighted by Gasteiger charge is 2.31. The van der Waals surface area contributed by atoms with Crippen LogP contribution in [-0.4, -0.2) is 16.3 Å². The summed E-state index contributed by atoms with van der Waals surface area (Å²) in [5, 5.41) is 20.7. The van der Waals surface area contributed by atoms with Crippen molar-refractivity contribution in [2.75, 3.05) is 5.73 Å². The standard InChI is InChI=1S/C19H11F3N4O3/c20-19(21,22)29-12-7-5-11(6-8-12)14-9-16(25-18(24)15(14)10-23)13-3-1-2-4-17(13)26(27)28/h1-9H,(H2,24,25). The number of rotatable bonds is 4. The van der Waals surface area contributed by atoms with E-state index < -0.39 is 17.0 Å². The second-order valence-electron chi connectivity index (χ2n) is 5.77. The summed E-state index contributed by atoms with van der Waals surface area (Å²) in [5.74, 6) is -0.588. The summed E-state index contributed by atoms with van der Waals surface area (Å²) >= 11 is 0. The average molecular weight is 400 g/mol. The predicted molar refractivity (Wildman–Crippen MR) is 97.6 cm³/mol. The molecule has 0 aliphatic heterocycles. The van der Waals surface area contributed by atoms with Crippen LogP contribution >= 0.6 is 0 Å². The van der Waals surface area contributed by atoms with E-state index in [9.17, 15) is 28.5 Å². The monoisotopic (exact) mass is 400 g/mol. The molecule has 0 radical (unpaired) electrons. The number of alkyl halides is 3. The van der Waals surface area contributed by atoms with Crippen LogP contribution in [0.15, 0.2) is 54.6 Å². The third-order valence-corrected chi connectivity index (χ3v) is 3.93. The van der Waals surface area contributed by atoms with E-state index in [1.807, 2.05) is 6.07 Å². The number of ether oxygens (including phenoxy) is 1. The molecule has 29 heavy (non-hydrogen) atoms. The number of aromatic nitrogens is 1. The van der Waals surface area contributed by atoms with Gasteiger partial charge in [0.15, 0.2) is 0 Å². The molecule has 10 heteroatoms. The van der Waals surface area contributed by atoms with Crippen molar-refractivity contribution in [3.05, 3.63) is 70.3 Å². The SMILES string of the molecule is N#Cc1c(-c2ccc(OC(F)(F)F)cc2)cc(-c2ccccc2[N+](=O)[O-])nc1N. The Bertz CT molecular complexity index is 1120. The van der Waals surface area contributed by atoms with Crippen LogP contribution in [0.4, 0.5) is 24.7 Å². The lowest BCUT2D eigenvalue weighted by Crippen LogP contribution is -2.16. The Labute approximate surface area is 161 Å². The minimum absolute atomic E-state index is 0.00294. The molecule has 2 N–H and O–H groups in total. The van der Waals surface area contributed by atoms with Gasteiger partial charge in [-0.3, -0.25) is 10.1 Å². The van der Waals surface area contributed by atoms with Crippen molar-refractivity contribution in [2.24, 2.45) is 0 Å². The smallest absolute Gasteiger partial charge is 0.406 e. The van der Waals surface area contributed by atoms with E-state index in [2.05, 4.69) is 9.72 Å². The Kier molecular flexibility index (Phi) is 5.06. The Morgan fingerprint density at radius 1 is 1.10 bits per heavy atom. The average Bonchev–Trinajstić information content (AvgIpc) is 2.66. The molecule has 0 aliphatic carbocycles. The summed E-state index contributed by atoms with van der Waals surface area (Å²) in [5.41, 5.74) is 6.64. The predicted octanol–water partition coefficient (Wildman–Crippen LogP) is 4.68. The highest BCUT2D eigenvalue weighted by Crippen LogP contribution is 2.35. The third-order valence-electron chi connectivity index (χ3n) is 3.93. The number of nitro groups is 1. The van der Waals surface area contributed by atoms with Crippen molar-refractivity contribution >= 4 is 11.5 Å². The number of anilines is 1. The van der Waals surface area contributed by atoms with Crippen molar-refractivity contribution < 1.29 is 22.8 Å². The second-order valence-corrected chi connectivity index (χ2v) is 5.77. The molecule has 0 atom stereocenters. The maximum Gasteiger partial charge on any atom is 0.573 e. The Balaban J connectivity index is 2.13. The van der Waals surface area contributed by atoms with E-state index in [-0.39, 0.29) is 33.9 Å². The molecule has 2 aromatic carbocycles. The zero-order chi connectivity index (χ0) is 21.2. The summed E-state index contributed by atoms with van der Waals surface area (Å²) < 4.78 is 40.8. The lowest BCUT2D eigenvalue weighted by molar-refractivity contribution is -0.384. The minimum Gasteiger partial charge on any atom is -0.406 e. The van der Waals surface area contributed by atoms with E-state index >= 15 is 0 Å². The minimum atomic E-state index is -4.83. The van der Waals surface area contributed by atoms with Crippen molar-refractivity contribution in [3.63, 3.8) is 0 Å². The number of para-hydroxylation sites is 1. The quantitative estimate of drug-likeness (QED) is 0.502. The van der Waals surface area contributed by atoms with Gasteiger partial charge in [-0.25, -0.2) is 4.98 Å². The molecule has 0 bridgehead atoms. The van der Waals surface area contributed by atoms with Crippen molar-refractivity contribution in [1.29, 1.82) is 5.26 Å². The summed E-state index contributed by atoms with van der Waals surface area (Å²) in [6, 6.07) is 14.0. The zero-order valence-corrected chi connectivity index (χ0v) is 14.5. The van der Waals surface area contributed by atoms with Gasteiger partial charge in [0.05, 0.1) is 16.2 Å².